The van der Waals surface area contributed by atoms with E-state index >= 15 is 0 Å². The number of hydrogen-bond donors (Lipinski definition) is 0. The van der Waals surface area contributed by atoms with Crippen LogP contribution in [0.1, 0.15) is 25.3 Å². The molecule has 0 atom stereocenters. The van der Waals surface area contributed by atoms with Crippen LogP contribution in [0, 0.1) is 12.8 Å². The van der Waals surface area contributed by atoms with E-state index in [0.717, 1.165) is 30.4 Å². The lowest BCUT2D eigenvalue weighted by Crippen LogP contribution is -2.35. The first-order valence-electron chi connectivity index (χ1n) is 7.84. The molecule has 1 aromatic carbocycles. The molecule has 1 heterocycles. The maximum Gasteiger partial charge on any atom is 0.138 e. The van der Waals surface area contributed by atoms with Crippen molar-refractivity contribution in [2.24, 2.45) is 5.92 Å². The number of aryl methyl sites for hydroxylation is 1. The summed E-state index contributed by atoms with van der Waals surface area (Å²) < 4.78 is 11.3. The van der Waals surface area contributed by atoms with Gasteiger partial charge < -0.3 is 14.4 Å². The summed E-state index contributed by atoms with van der Waals surface area (Å²) in [6.07, 6.45) is 2.63. The average Bonchev–Trinajstić information content (AvgIpc) is 2.46. The molecule has 21 heavy (non-hydrogen) atoms. The summed E-state index contributed by atoms with van der Waals surface area (Å²) in [7, 11) is 0. The Hall–Kier alpha value is -0.770. The summed E-state index contributed by atoms with van der Waals surface area (Å²) in [5.74, 6) is 1.62. The smallest absolute Gasteiger partial charge is 0.138 e. The van der Waals surface area contributed by atoms with Crippen LogP contribution in [0.4, 0.5) is 0 Å². The lowest BCUT2D eigenvalue weighted by molar-refractivity contribution is 0.0709. The first kappa shape index (κ1) is 16.6. The van der Waals surface area contributed by atoms with E-state index in [1.165, 1.54) is 25.9 Å². The molecule has 0 aromatic heterocycles. The summed E-state index contributed by atoms with van der Waals surface area (Å²) in [6, 6.07) is 5.82. The number of nitrogens with zero attached hydrogens (tertiary/aromatic N) is 1. The Bertz CT molecular complexity index is 431. The number of likely N-dealkylation sites (tertiary alicyclic amines) is 1. The van der Waals surface area contributed by atoms with Crippen molar-refractivity contribution in [1.82, 2.24) is 4.90 Å². The van der Waals surface area contributed by atoms with Gasteiger partial charge in [0.25, 0.3) is 0 Å². The lowest BCUT2D eigenvalue weighted by Gasteiger charge is -2.29. The van der Waals surface area contributed by atoms with Gasteiger partial charge in [-0.3, -0.25) is 0 Å². The van der Waals surface area contributed by atoms with Gasteiger partial charge in [0.15, 0.2) is 0 Å². The average molecular weight is 312 g/mol. The summed E-state index contributed by atoms with van der Waals surface area (Å²) in [4.78, 5) is 2.48. The van der Waals surface area contributed by atoms with Crippen LogP contribution >= 0.6 is 11.6 Å². The minimum absolute atomic E-state index is 0.541. The molecule has 0 bridgehead atoms. The molecule has 0 amide bonds. The number of hydrogen-bond acceptors (Lipinski definition) is 3. The Kier molecular flexibility index (Phi) is 6.81. The van der Waals surface area contributed by atoms with Crippen molar-refractivity contribution in [2.45, 2.75) is 26.7 Å². The van der Waals surface area contributed by atoms with Gasteiger partial charge in [-0.15, -0.1) is 0 Å². The molecule has 2 rings (SSSR count). The highest BCUT2D eigenvalue weighted by atomic mass is 35.5. The largest absolute Gasteiger partial charge is 0.490 e. The molecule has 0 saturated carbocycles. The number of halogens is 1. The summed E-state index contributed by atoms with van der Waals surface area (Å²) in [5, 5.41) is 0.664. The van der Waals surface area contributed by atoms with E-state index in [0.29, 0.717) is 18.2 Å². The van der Waals surface area contributed by atoms with Crippen molar-refractivity contribution in [3.8, 4) is 5.75 Å². The van der Waals surface area contributed by atoms with Crippen LogP contribution in [-0.2, 0) is 4.74 Å². The second-order valence-corrected chi connectivity index (χ2v) is 6.33. The Labute approximate surface area is 133 Å². The van der Waals surface area contributed by atoms with E-state index in [9.17, 15) is 0 Å². The number of ether oxygens (including phenoxy) is 2. The Balaban J connectivity index is 1.54. The molecule has 0 aliphatic carbocycles. The quantitative estimate of drug-likeness (QED) is 0.715. The molecule has 118 valence electrons. The van der Waals surface area contributed by atoms with Crippen molar-refractivity contribution in [1.29, 1.82) is 0 Å². The molecule has 1 aliphatic rings. The van der Waals surface area contributed by atoms with Crippen LogP contribution in [0.15, 0.2) is 18.2 Å². The fourth-order valence-electron chi connectivity index (χ4n) is 2.51. The Morgan fingerprint density at radius 3 is 2.67 bits per heavy atom. The first-order chi connectivity index (χ1) is 10.1. The molecular formula is C17H26ClNO2. The zero-order valence-corrected chi connectivity index (χ0v) is 13.9. The minimum Gasteiger partial charge on any atom is -0.490 e. The second-order valence-electron chi connectivity index (χ2n) is 5.92. The molecule has 3 nitrogen and oxygen atoms in total. The van der Waals surface area contributed by atoms with E-state index in [2.05, 4.69) is 11.8 Å². The fourth-order valence-corrected chi connectivity index (χ4v) is 2.80. The molecule has 1 aromatic rings. The summed E-state index contributed by atoms with van der Waals surface area (Å²) in [6.45, 7) is 9.72. The van der Waals surface area contributed by atoms with E-state index in [1.54, 1.807) is 0 Å². The molecule has 0 unspecified atom stereocenters. The van der Waals surface area contributed by atoms with Crippen molar-refractivity contribution >= 4 is 11.6 Å². The van der Waals surface area contributed by atoms with Gasteiger partial charge in [-0.1, -0.05) is 24.6 Å². The minimum atomic E-state index is 0.541. The predicted octanol–water partition coefficient (Wildman–Crippen LogP) is 3.78. The van der Waals surface area contributed by atoms with Crippen LogP contribution in [0.2, 0.25) is 5.02 Å². The molecule has 0 N–H and O–H groups in total. The molecule has 0 spiro atoms. The third kappa shape index (κ3) is 5.85. The van der Waals surface area contributed by atoms with Gasteiger partial charge in [-0.25, -0.2) is 0 Å². The molecule has 1 fully saturated rings. The number of piperidine rings is 1. The van der Waals surface area contributed by atoms with Gasteiger partial charge in [-0.2, -0.15) is 0 Å². The van der Waals surface area contributed by atoms with Gasteiger partial charge in [-0.05, 0) is 56.5 Å². The van der Waals surface area contributed by atoms with Gasteiger partial charge in [0, 0.05) is 6.54 Å². The van der Waals surface area contributed by atoms with Crippen molar-refractivity contribution < 1.29 is 9.47 Å². The molecule has 1 saturated heterocycles. The van der Waals surface area contributed by atoms with E-state index in [-0.39, 0.29) is 0 Å². The van der Waals surface area contributed by atoms with Crippen molar-refractivity contribution in [2.75, 3.05) is 39.5 Å². The predicted molar refractivity (Wildman–Crippen MR) is 87.3 cm³/mol. The van der Waals surface area contributed by atoms with E-state index < -0.39 is 0 Å². The first-order valence-corrected chi connectivity index (χ1v) is 8.22. The molecule has 4 heteroatoms. The summed E-state index contributed by atoms with van der Waals surface area (Å²) in [5.41, 5.74) is 1.14. The molecule has 0 radical (unpaired) electrons. The highest BCUT2D eigenvalue weighted by Crippen LogP contribution is 2.24. The highest BCUT2D eigenvalue weighted by molar-refractivity contribution is 6.32. The maximum absolute atomic E-state index is 6.11. The third-order valence-electron chi connectivity index (χ3n) is 4.00. The second kappa shape index (κ2) is 8.62. The molecular weight excluding hydrogens is 286 g/mol. The van der Waals surface area contributed by atoms with Crippen molar-refractivity contribution in [3.05, 3.63) is 28.8 Å². The number of benzene rings is 1. The molecule has 1 aliphatic heterocycles. The SMILES string of the molecule is Cc1ccc(OCCOCCN2CCC(C)CC2)c(Cl)c1. The Morgan fingerprint density at radius 1 is 1.19 bits per heavy atom. The monoisotopic (exact) mass is 311 g/mol. The van der Waals surface area contributed by atoms with Gasteiger partial charge in [0.05, 0.1) is 18.2 Å². The fraction of sp³-hybridized carbons (Fsp3) is 0.647. The van der Waals surface area contributed by atoms with Crippen LogP contribution in [0.5, 0.6) is 5.75 Å². The lowest BCUT2D eigenvalue weighted by atomic mass is 9.99. The topological polar surface area (TPSA) is 21.7 Å². The zero-order chi connectivity index (χ0) is 15.1. The van der Waals surface area contributed by atoms with Crippen LogP contribution < -0.4 is 4.74 Å². The van der Waals surface area contributed by atoms with Crippen molar-refractivity contribution in [3.63, 3.8) is 0 Å². The zero-order valence-electron chi connectivity index (χ0n) is 13.1. The normalized spacial score (nSPS) is 17.1. The van der Waals surface area contributed by atoms with Gasteiger partial charge in [0.1, 0.15) is 12.4 Å². The highest BCUT2D eigenvalue weighted by Gasteiger charge is 2.14. The van der Waals surface area contributed by atoms with Crippen LogP contribution in [0.25, 0.3) is 0 Å². The van der Waals surface area contributed by atoms with Gasteiger partial charge >= 0.3 is 0 Å². The van der Waals surface area contributed by atoms with E-state index in [4.69, 9.17) is 21.1 Å². The standard InChI is InChI=1S/C17H26ClNO2/c1-14-5-7-19(8-6-14)9-10-20-11-12-21-17-4-3-15(2)13-16(17)18/h3-4,13-14H,5-12H2,1-2H3. The summed E-state index contributed by atoms with van der Waals surface area (Å²) >= 11 is 6.11. The Morgan fingerprint density at radius 2 is 1.95 bits per heavy atom. The van der Waals surface area contributed by atoms with Gasteiger partial charge in [0.2, 0.25) is 0 Å². The third-order valence-corrected chi connectivity index (χ3v) is 4.30. The van der Waals surface area contributed by atoms with Crippen LogP contribution in [-0.4, -0.2) is 44.4 Å². The number of rotatable bonds is 7. The van der Waals surface area contributed by atoms with Crippen LogP contribution in [0.3, 0.4) is 0 Å². The van der Waals surface area contributed by atoms with E-state index in [1.807, 2.05) is 25.1 Å². The maximum atomic E-state index is 6.11.